The van der Waals surface area contributed by atoms with Gasteiger partial charge in [-0.1, -0.05) is 30.4 Å². The largest absolute Gasteiger partial charge is 0.496 e. The van der Waals surface area contributed by atoms with Crippen LogP contribution in [0.15, 0.2) is 42.5 Å². The number of fused-ring (bicyclic) bond motifs is 5. The van der Waals surface area contributed by atoms with Gasteiger partial charge in [-0.3, -0.25) is 0 Å². The first-order chi connectivity index (χ1) is 10.8. The average Bonchev–Trinajstić information content (AvgIpc) is 3.13. The normalized spacial score (nSPS) is 31.9. The molecule has 1 nitrogen and oxygen atoms in total. The van der Waals surface area contributed by atoms with E-state index in [1.165, 1.54) is 42.9 Å². The maximum Gasteiger partial charge on any atom is 0.126 e. The Hall–Kier alpha value is -1.76. The Morgan fingerprint density at radius 1 is 1.14 bits per heavy atom. The fraction of sp³-hybridized carbons (Fsp3) is 0.429. The van der Waals surface area contributed by atoms with Crippen LogP contribution in [0, 0.1) is 17.3 Å². The van der Waals surface area contributed by atoms with Gasteiger partial charge in [-0.25, -0.2) is 0 Å². The lowest BCUT2D eigenvalue weighted by atomic mass is 9.64. The quantitative estimate of drug-likeness (QED) is 0.677. The summed E-state index contributed by atoms with van der Waals surface area (Å²) in [6.07, 6.45) is 11.7. The monoisotopic (exact) mass is 290 g/mol. The minimum absolute atomic E-state index is 0.568. The van der Waals surface area contributed by atoms with Gasteiger partial charge in [0.25, 0.3) is 0 Å². The number of benzene rings is 2. The molecule has 0 saturated heterocycles. The smallest absolute Gasteiger partial charge is 0.126 e. The third-order valence-corrected chi connectivity index (χ3v) is 6.44. The SMILES string of the molecule is COc1cccc2cc3c(cc12)CCC1(C3)CC2C=CC1C2. The highest BCUT2D eigenvalue weighted by atomic mass is 16.5. The lowest BCUT2D eigenvalue weighted by molar-refractivity contribution is 0.195. The van der Waals surface area contributed by atoms with Gasteiger partial charge in [0.15, 0.2) is 0 Å². The fourth-order valence-corrected chi connectivity index (χ4v) is 5.36. The fourth-order valence-electron chi connectivity index (χ4n) is 5.36. The van der Waals surface area contributed by atoms with Crippen LogP contribution in [0.4, 0.5) is 0 Å². The van der Waals surface area contributed by atoms with Gasteiger partial charge in [0.2, 0.25) is 0 Å². The van der Waals surface area contributed by atoms with Crippen LogP contribution >= 0.6 is 0 Å². The molecule has 3 unspecified atom stereocenters. The summed E-state index contributed by atoms with van der Waals surface area (Å²) >= 11 is 0. The maximum absolute atomic E-state index is 5.54. The van der Waals surface area contributed by atoms with Crippen molar-refractivity contribution in [3.8, 4) is 5.75 Å². The highest BCUT2D eigenvalue weighted by Gasteiger charge is 2.49. The Bertz CT molecular complexity index is 788. The summed E-state index contributed by atoms with van der Waals surface area (Å²) in [5.41, 5.74) is 3.71. The molecule has 0 heterocycles. The Balaban J connectivity index is 1.61. The summed E-state index contributed by atoms with van der Waals surface area (Å²) < 4.78 is 5.54. The van der Waals surface area contributed by atoms with Gasteiger partial charge in [0.1, 0.15) is 5.75 Å². The van der Waals surface area contributed by atoms with Crippen molar-refractivity contribution in [3.05, 3.63) is 53.6 Å². The molecule has 1 saturated carbocycles. The van der Waals surface area contributed by atoms with E-state index in [2.05, 4.69) is 42.5 Å². The predicted octanol–water partition coefficient (Wildman–Crippen LogP) is 4.92. The second-order valence-electron chi connectivity index (χ2n) is 7.53. The van der Waals surface area contributed by atoms with Crippen molar-refractivity contribution in [2.75, 3.05) is 7.11 Å². The van der Waals surface area contributed by atoms with E-state index in [4.69, 9.17) is 4.74 Å². The van der Waals surface area contributed by atoms with E-state index in [9.17, 15) is 0 Å². The molecule has 0 radical (unpaired) electrons. The number of hydrogen-bond donors (Lipinski definition) is 0. The standard InChI is InChI=1S/C21H22O/c1-22-20-4-2-3-16-10-17-13-21(8-7-15(17)11-19(16)20)12-14-5-6-18(21)9-14/h2-6,10-11,14,18H,7-9,12-13H2,1H3. The molecule has 3 aliphatic rings. The van der Waals surface area contributed by atoms with Gasteiger partial charge in [-0.05, 0) is 78.0 Å². The van der Waals surface area contributed by atoms with E-state index >= 15 is 0 Å². The van der Waals surface area contributed by atoms with Crippen LogP contribution in [0.3, 0.4) is 0 Å². The first-order valence-electron chi connectivity index (χ1n) is 8.54. The molecule has 0 aromatic heterocycles. The number of allylic oxidation sites excluding steroid dienone is 2. The minimum atomic E-state index is 0.568. The second-order valence-corrected chi connectivity index (χ2v) is 7.53. The molecule has 2 bridgehead atoms. The van der Waals surface area contributed by atoms with Crippen LogP contribution in [0.2, 0.25) is 0 Å². The van der Waals surface area contributed by atoms with E-state index in [-0.39, 0.29) is 0 Å². The first-order valence-corrected chi connectivity index (χ1v) is 8.54. The highest BCUT2D eigenvalue weighted by Crippen LogP contribution is 2.58. The van der Waals surface area contributed by atoms with E-state index in [1.807, 2.05) is 0 Å². The summed E-state index contributed by atoms with van der Waals surface area (Å²) in [6, 6.07) is 11.2. The molecule has 3 aliphatic carbocycles. The molecule has 2 aromatic carbocycles. The van der Waals surface area contributed by atoms with Crippen LogP contribution in [-0.4, -0.2) is 7.11 Å². The molecule has 112 valence electrons. The summed E-state index contributed by atoms with van der Waals surface area (Å²) in [5.74, 6) is 2.71. The number of ether oxygens (including phenoxy) is 1. The van der Waals surface area contributed by atoms with Crippen molar-refractivity contribution in [2.24, 2.45) is 17.3 Å². The first kappa shape index (κ1) is 12.8. The number of hydrogen-bond acceptors (Lipinski definition) is 1. The topological polar surface area (TPSA) is 9.23 Å². The van der Waals surface area contributed by atoms with Crippen molar-refractivity contribution in [2.45, 2.75) is 32.1 Å². The second kappa shape index (κ2) is 4.38. The molecule has 0 N–H and O–H groups in total. The van der Waals surface area contributed by atoms with Crippen LogP contribution in [0.1, 0.15) is 30.4 Å². The van der Waals surface area contributed by atoms with Gasteiger partial charge < -0.3 is 4.74 Å². The van der Waals surface area contributed by atoms with Crippen molar-refractivity contribution >= 4 is 10.8 Å². The molecule has 0 amide bonds. The van der Waals surface area contributed by atoms with Crippen LogP contribution in [0.25, 0.3) is 10.8 Å². The van der Waals surface area contributed by atoms with Gasteiger partial charge in [-0.2, -0.15) is 0 Å². The summed E-state index contributed by atoms with van der Waals surface area (Å²) in [6.45, 7) is 0. The molecule has 1 spiro atoms. The molecular formula is C21H22O. The highest BCUT2D eigenvalue weighted by molar-refractivity contribution is 5.89. The molecule has 0 aliphatic heterocycles. The molecule has 2 aromatic rings. The molecule has 3 atom stereocenters. The summed E-state index contributed by atoms with van der Waals surface area (Å²) in [7, 11) is 1.77. The zero-order valence-electron chi connectivity index (χ0n) is 13.1. The summed E-state index contributed by atoms with van der Waals surface area (Å²) in [5, 5.41) is 2.60. The zero-order chi connectivity index (χ0) is 14.7. The van der Waals surface area contributed by atoms with E-state index in [1.54, 1.807) is 18.2 Å². The average molecular weight is 290 g/mol. The third-order valence-electron chi connectivity index (χ3n) is 6.44. The van der Waals surface area contributed by atoms with Crippen molar-refractivity contribution in [1.82, 2.24) is 0 Å². The third kappa shape index (κ3) is 1.65. The Kier molecular flexibility index (Phi) is 2.54. The van der Waals surface area contributed by atoms with Gasteiger partial charge >= 0.3 is 0 Å². The predicted molar refractivity (Wildman–Crippen MR) is 90.3 cm³/mol. The molecule has 1 fully saturated rings. The van der Waals surface area contributed by atoms with Gasteiger partial charge in [0, 0.05) is 5.39 Å². The van der Waals surface area contributed by atoms with E-state index in [0.29, 0.717) is 5.41 Å². The van der Waals surface area contributed by atoms with Crippen LogP contribution < -0.4 is 4.74 Å². The molecule has 1 heteroatoms. The van der Waals surface area contributed by atoms with Crippen LogP contribution in [-0.2, 0) is 12.8 Å². The zero-order valence-corrected chi connectivity index (χ0v) is 13.1. The van der Waals surface area contributed by atoms with Crippen molar-refractivity contribution in [1.29, 1.82) is 0 Å². The Morgan fingerprint density at radius 2 is 2.09 bits per heavy atom. The lowest BCUT2D eigenvalue weighted by Crippen LogP contribution is -2.32. The maximum atomic E-state index is 5.54. The Labute approximate surface area is 132 Å². The van der Waals surface area contributed by atoms with E-state index in [0.717, 1.165) is 17.6 Å². The van der Waals surface area contributed by atoms with Crippen molar-refractivity contribution < 1.29 is 4.74 Å². The van der Waals surface area contributed by atoms with Gasteiger partial charge in [-0.15, -0.1) is 0 Å². The van der Waals surface area contributed by atoms with Gasteiger partial charge in [0.05, 0.1) is 7.11 Å². The molecule has 5 rings (SSSR count). The minimum Gasteiger partial charge on any atom is -0.496 e. The molecule has 22 heavy (non-hydrogen) atoms. The Morgan fingerprint density at radius 3 is 2.86 bits per heavy atom. The van der Waals surface area contributed by atoms with Crippen LogP contribution in [0.5, 0.6) is 5.75 Å². The van der Waals surface area contributed by atoms with Crippen molar-refractivity contribution in [3.63, 3.8) is 0 Å². The molecular weight excluding hydrogens is 268 g/mol. The number of methoxy groups -OCH3 is 1. The lowest BCUT2D eigenvalue weighted by Gasteiger charge is -2.40. The number of rotatable bonds is 1. The summed E-state index contributed by atoms with van der Waals surface area (Å²) in [4.78, 5) is 0. The van der Waals surface area contributed by atoms with E-state index < -0.39 is 0 Å². The number of aryl methyl sites for hydroxylation is 1.